The van der Waals surface area contributed by atoms with E-state index in [0.29, 0.717) is 5.56 Å². The molecule has 25 heavy (non-hydrogen) atoms. The van der Waals surface area contributed by atoms with Gasteiger partial charge in [-0.1, -0.05) is 35.9 Å². The third-order valence-corrected chi connectivity index (χ3v) is 5.48. The zero-order valence-electron chi connectivity index (χ0n) is 13.5. The fourth-order valence-electron chi connectivity index (χ4n) is 2.90. The fourth-order valence-corrected chi connectivity index (χ4v) is 4.10. The van der Waals surface area contributed by atoms with Crippen molar-refractivity contribution in [3.8, 4) is 6.07 Å². The largest absolute Gasteiger partial charge is 0.286 e. The second kappa shape index (κ2) is 6.44. The van der Waals surface area contributed by atoms with Crippen LogP contribution in [0.4, 0.5) is 0 Å². The van der Waals surface area contributed by atoms with Crippen LogP contribution in [0.5, 0.6) is 0 Å². The highest BCUT2D eigenvalue weighted by molar-refractivity contribution is 7.98. The lowest BCUT2D eigenvalue weighted by atomic mass is 10.2. The quantitative estimate of drug-likeness (QED) is 0.444. The van der Waals surface area contributed by atoms with E-state index in [0.717, 1.165) is 38.0 Å². The maximum atomic E-state index is 9.54. The van der Waals surface area contributed by atoms with Crippen LogP contribution in [-0.2, 0) is 5.75 Å². The molecule has 4 aromatic rings. The highest BCUT2D eigenvalue weighted by Crippen LogP contribution is 2.31. The summed E-state index contributed by atoms with van der Waals surface area (Å²) < 4.78 is 2.08. The summed E-state index contributed by atoms with van der Waals surface area (Å²) in [4.78, 5) is 4.68. The minimum atomic E-state index is 0.632. The number of para-hydroxylation sites is 2. The first-order valence-electron chi connectivity index (χ1n) is 7.85. The molecule has 0 saturated heterocycles. The van der Waals surface area contributed by atoms with Crippen molar-refractivity contribution in [3.63, 3.8) is 0 Å². The Morgan fingerprint density at radius 3 is 2.68 bits per heavy atom. The summed E-state index contributed by atoms with van der Waals surface area (Å²) in [7, 11) is 0. The third-order valence-electron chi connectivity index (χ3n) is 4.15. The average Bonchev–Trinajstić information content (AvgIpc) is 3.00. The number of aryl methyl sites for hydroxylation is 1. The van der Waals surface area contributed by atoms with E-state index in [1.807, 2.05) is 55.5 Å². The number of benzene rings is 2. The zero-order valence-corrected chi connectivity index (χ0v) is 15.1. The maximum absolute atomic E-state index is 9.54. The molecule has 0 unspecified atom stereocenters. The van der Waals surface area contributed by atoms with Gasteiger partial charge in [0, 0.05) is 10.8 Å². The number of thioether (sulfide) groups is 1. The molecule has 0 bridgehead atoms. The molecule has 0 spiro atoms. The lowest BCUT2D eigenvalue weighted by Gasteiger charge is -2.10. The molecular formula is C20H14ClN3S. The molecule has 0 radical (unpaired) electrons. The number of hydrogen-bond acceptors (Lipinski definition) is 3. The molecular weight excluding hydrogens is 350 g/mol. The zero-order chi connectivity index (χ0) is 17.4. The van der Waals surface area contributed by atoms with Crippen LogP contribution in [0, 0.1) is 18.3 Å². The Hall–Kier alpha value is -2.48. The lowest BCUT2D eigenvalue weighted by molar-refractivity contribution is 1.04. The monoisotopic (exact) mass is 363 g/mol. The molecule has 122 valence electrons. The molecule has 0 fully saturated rings. The molecule has 0 aliphatic heterocycles. The van der Waals surface area contributed by atoms with Gasteiger partial charge < -0.3 is 0 Å². The molecule has 2 aromatic carbocycles. The van der Waals surface area contributed by atoms with E-state index in [4.69, 9.17) is 11.6 Å². The predicted molar refractivity (Wildman–Crippen MR) is 103 cm³/mol. The SMILES string of the molecule is Cc1cc(SCc2ccc(Cl)cc2)n2c(nc3ccccc32)c1C#N. The van der Waals surface area contributed by atoms with Gasteiger partial charge in [0.15, 0.2) is 5.65 Å². The van der Waals surface area contributed by atoms with Gasteiger partial charge in [0.2, 0.25) is 0 Å². The summed E-state index contributed by atoms with van der Waals surface area (Å²) in [6.07, 6.45) is 0. The minimum Gasteiger partial charge on any atom is -0.286 e. The predicted octanol–water partition coefficient (Wildman–Crippen LogP) is 5.61. The van der Waals surface area contributed by atoms with Crippen LogP contribution in [0.25, 0.3) is 16.7 Å². The van der Waals surface area contributed by atoms with Crippen LogP contribution in [0.1, 0.15) is 16.7 Å². The van der Waals surface area contributed by atoms with Crippen molar-refractivity contribution in [2.75, 3.05) is 0 Å². The van der Waals surface area contributed by atoms with E-state index in [-0.39, 0.29) is 0 Å². The van der Waals surface area contributed by atoms with E-state index >= 15 is 0 Å². The van der Waals surface area contributed by atoms with Gasteiger partial charge in [-0.05, 0) is 48.4 Å². The minimum absolute atomic E-state index is 0.632. The van der Waals surface area contributed by atoms with Crippen LogP contribution in [0.2, 0.25) is 5.02 Å². The van der Waals surface area contributed by atoms with Crippen molar-refractivity contribution in [2.45, 2.75) is 17.7 Å². The van der Waals surface area contributed by atoms with Crippen molar-refractivity contribution >= 4 is 40.0 Å². The summed E-state index contributed by atoms with van der Waals surface area (Å²) in [5.41, 5.74) is 5.43. The van der Waals surface area contributed by atoms with Gasteiger partial charge in [0.1, 0.15) is 6.07 Å². The number of nitrogens with zero attached hydrogens (tertiary/aromatic N) is 3. The van der Waals surface area contributed by atoms with Crippen LogP contribution in [0.15, 0.2) is 59.6 Å². The maximum Gasteiger partial charge on any atom is 0.157 e. The molecule has 3 nitrogen and oxygen atoms in total. The van der Waals surface area contributed by atoms with Crippen LogP contribution >= 0.6 is 23.4 Å². The molecule has 2 heterocycles. The second-order valence-electron chi connectivity index (χ2n) is 5.83. The highest BCUT2D eigenvalue weighted by atomic mass is 35.5. The average molecular weight is 364 g/mol. The van der Waals surface area contributed by atoms with Crippen molar-refractivity contribution in [1.82, 2.24) is 9.38 Å². The molecule has 4 rings (SSSR count). The number of hydrogen-bond donors (Lipinski definition) is 0. The lowest BCUT2D eigenvalue weighted by Crippen LogP contribution is -1.97. The van der Waals surface area contributed by atoms with Crippen LogP contribution in [-0.4, -0.2) is 9.38 Å². The number of nitriles is 1. The van der Waals surface area contributed by atoms with E-state index in [1.54, 1.807) is 11.8 Å². The first-order valence-corrected chi connectivity index (χ1v) is 9.22. The van der Waals surface area contributed by atoms with Crippen molar-refractivity contribution in [3.05, 3.63) is 76.3 Å². The van der Waals surface area contributed by atoms with Gasteiger partial charge in [0.05, 0.1) is 21.6 Å². The van der Waals surface area contributed by atoms with E-state index < -0.39 is 0 Å². The Morgan fingerprint density at radius 1 is 1.16 bits per heavy atom. The first kappa shape index (κ1) is 16.0. The topological polar surface area (TPSA) is 41.1 Å². The molecule has 0 saturated carbocycles. The van der Waals surface area contributed by atoms with Gasteiger partial charge in [-0.25, -0.2) is 4.98 Å². The van der Waals surface area contributed by atoms with Gasteiger partial charge >= 0.3 is 0 Å². The molecule has 0 amide bonds. The Kier molecular flexibility index (Phi) is 4.12. The third kappa shape index (κ3) is 2.86. The summed E-state index contributed by atoms with van der Waals surface area (Å²) in [5.74, 6) is 0.824. The van der Waals surface area contributed by atoms with Crippen LogP contribution < -0.4 is 0 Å². The second-order valence-corrected chi connectivity index (χ2v) is 7.26. The summed E-state index contributed by atoms with van der Waals surface area (Å²) in [5, 5.41) is 11.4. The number of pyridine rings is 1. The van der Waals surface area contributed by atoms with Crippen LogP contribution in [0.3, 0.4) is 0 Å². The number of imidazole rings is 1. The smallest absolute Gasteiger partial charge is 0.157 e. The fraction of sp³-hybridized carbons (Fsp3) is 0.100. The Balaban J connectivity index is 1.85. The molecule has 0 atom stereocenters. The van der Waals surface area contributed by atoms with Crippen molar-refractivity contribution in [2.24, 2.45) is 0 Å². The van der Waals surface area contributed by atoms with Crippen molar-refractivity contribution in [1.29, 1.82) is 5.26 Å². The summed E-state index contributed by atoms with van der Waals surface area (Å²) >= 11 is 7.69. The molecule has 5 heteroatoms. The van der Waals surface area contributed by atoms with Gasteiger partial charge in [-0.15, -0.1) is 11.8 Å². The van der Waals surface area contributed by atoms with E-state index in [2.05, 4.69) is 21.5 Å². The Labute approximate surface area is 154 Å². The molecule has 0 aliphatic rings. The summed E-state index contributed by atoms with van der Waals surface area (Å²) in [6, 6.07) is 20.2. The number of rotatable bonds is 3. The standard InChI is InChI=1S/C20H14ClN3S/c1-13-10-19(25-12-14-6-8-15(21)9-7-14)24-18-5-3-2-4-17(18)23-20(24)16(13)11-22/h2-10H,12H2,1H3. The summed E-state index contributed by atoms with van der Waals surface area (Å²) in [6.45, 7) is 1.96. The first-order chi connectivity index (χ1) is 12.2. The number of halogens is 1. The van der Waals surface area contributed by atoms with Crippen molar-refractivity contribution < 1.29 is 0 Å². The van der Waals surface area contributed by atoms with Gasteiger partial charge in [-0.3, -0.25) is 4.40 Å². The number of fused-ring (bicyclic) bond motifs is 3. The molecule has 0 aliphatic carbocycles. The number of aromatic nitrogens is 2. The van der Waals surface area contributed by atoms with Gasteiger partial charge in [-0.2, -0.15) is 5.26 Å². The highest BCUT2D eigenvalue weighted by Gasteiger charge is 2.15. The van der Waals surface area contributed by atoms with E-state index in [9.17, 15) is 5.26 Å². The molecule has 2 aromatic heterocycles. The Morgan fingerprint density at radius 2 is 1.92 bits per heavy atom. The Bertz CT molecular complexity index is 1120. The normalized spacial score (nSPS) is 11.1. The van der Waals surface area contributed by atoms with Gasteiger partial charge in [0.25, 0.3) is 0 Å². The molecule has 0 N–H and O–H groups in total. The van der Waals surface area contributed by atoms with E-state index in [1.165, 1.54) is 5.56 Å².